The highest BCUT2D eigenvalue weighted by Crippen LogP contribution is 2.19. The van der Waals surface area contributed by atoms with E-state index < -0.39 is 29.0 Å². The Hall–Kier alpha value is -3.36. The zero-order chi connectivity index (χ0) is 20.5. The van der Waals surface area contributed by atoms with Crippen molar-refractivity contribution in [2.45, 2.75) is 38.8 Å². The Bertz CT molecular complexity index is 1110. The zero-order valence-corrected chi connectivity index (χ0v) is 16.2. The van der Waals surface area contributed by atoms with Gasteiger partial charge in [0.2, 0.25) is 0 Å². The van der Waals surface area contributed by atoms with Crippen LogP contribution in [0.15, 0.2) is 39.9 Å². The van der Waals surface area contributed by atoms with Gasteiger partial charge in [0.1, 0.15) is 16.9 Å². The van der Waals surface area contributed by atoms with Crippen LogP contribution in [0.25, 0.3) is 11.2 Å². The van der Waals surface area contributed by atoms with Gasteiger partial charge in [0.25, 0.3) is 5.56 Å². The maximum absolute atomic E-state index is 12.3. The molecule has 9 heteroatoms. The summed E-state index contributed by atoms with van der Waals surface area (Å²) in [4.78, 5) is 45.8. The number of amides is 1. The maximum atomic E-state index is 12.3. The number of aromatic amines is 2. The molecule has 0 aliphatic rings. The van der Waals surface area contributed by atoms with Gasteiger partial charge < -0.3 is 15.0 Å². The lowest BCUT2D eigenvalue weighted by atomic mass is 10.1. The predicted molar refractivity (Wildman–Crippen MR) is 104 cm³/mol. The molecule has 1 amide bonds. The highest BCUT2D eigenvalue weighted by Gasteiger charge is 2.24. The van der Waals surface area contributed by atoms with E-state index in [1.165, 1.54) is 11.6 Å². The number of alkyl carbamates (subject to hydrolysis) is 1. The first-order valence-corrected chi connectivity index (χ1v) is 8.86. The summed E-state index contributed by atoms with van der Waals surface area (Å²) in [6.45, 7) is 5.32. The third kappa shape index (κ3) is 4.30. The number of nitrogens with one attached hydrogen (secondary N) is 3. The molecule has 9 nitrogen and oxygen atoms in total. The lowest BCUT2D eigenvalue weighted by Crippen LogP contribution is -2.36. The quantitative estimate of drug-likeness (QED) is 0.632. The van der Waals surface area contributed by atoms with Gasteiger partial charge in [-0.3, -0.25) is 14.3 Å². The van der Waals surface area contributed by atoms with Gasteiger partial charge in [0.15, 0.2) is 5.65 Å². The van der Waals surface area contributed by atoms with Crippen molar-refractivity contribution in [3.63, 3.8) is 0 Å². The minimum absolute atomic E-state index is 0.168. The van der Waals surface area contributed by atoms with E-state index in [4.69, 9.17) is 4.74 Å². The first kappa shape index (κ1) is 19.4. The largest absolute Gasteiger partial charge is 0.444 e. The van der Waals surface area contributed by atoms with Gasteiger partial charge in [-0.15, -0.1) is 0 Å². The fraction of sp³-hybridized carbons (Fsp3) is 0.368. The van der Waals surface area contributed by atoms with Gasteiger partial charge in [-0.1, -0.05) is 30.3 Å². The van der Waals surface area contributed by atoms with E-state index in [1.807, 2.05) is 30.3 Å². The van der Waals surface area contributed by atoms with Crippen molar-refractivity contribution in [1.82, 2.24) is 24.8 Å². The van der Waals surface area contributed by atoms with Crippen LogP contribution in [0.4, 0.5) is 4.79 Å². The summed E-state index contributed by atoms with van der Waals surface area (Å²) in [5.41, 5.74) is -0.431. The van der Waals surface area contributed by atoms with E-state index in [0.717, 1.165) is 5.56 Å². The summed E-state index contributed by atoms with van der Waals surface area (Å²) in [5.74, 6) is 0.358. The number of carbonyl (C=O) groups excluding carboxylic acids is 1. The number of rotatable bonds is 4. The summed E-state index contributed by atoms with van der Waals surface area (Å²) >= 11 is 0. The maximum Gasteiger partial charge on any atom is 0.408 e. The third-order valence-electron chi connectivity index (χ3n) is 4.08. The number of ether oxygens (including phenoxy) is 1. The fourth-order valence-corrected chi connectivity index (χ4v) is 2.80. The second-order valence-electron chi connectivity index (χ2n) is 7.53. The number of carbonyl (C=O) groups is 1. The van der Waals surface area contributed by atoms with Crippen molar-refractivity contribution in [1.29, 1.82) is 0 Å². The predicted octanol–water partition coefficient (Wildman–Crippen LogP) is 1.76. The average molecular weight is 385 g/mol. The summed E-state index contributed by atoms with van der Waals surface area (Å²) in [5, 5.41) is 2.80. The molecule has 2 aromatic heterocycles. The monoisotopic (exact) mass is 385 g/mol. The molecule has 148 valence electrons. The Morgan fingerprint density at radius 3 is 2.54 bits per heavy atom. The minimum atomic E-state index is -0.656. The highest BCUT2D eigenvalue weighted by molar-refractivity contribution is 5.71. The van der Waals surface area contributed by atoms with Gasteiger partial charge in [0, 0.05) is 13.5 Å². The van der Waals surface area contributed by atoms with Crippen molar-refractivity contribution < 1.29 is 9.53 Å². The van der Waals surface area contributed by atoms with E-state index in [1.54, 1.807) is 20.8 Å². The van der Waals surface area contributed by atoms with E-state index in [0.29, 0.717) is 12.2 Å². The molecule has 0 spiro atoms. The topological polar surface area (TPSA) is 122 Å². The number of benzene rings is 1. The number of fused-ring (bicyclic) bond motifs is 1. The normalized spacial score (nSPS) is 12.7. The molecule has 0 saturated carbocycles. The van der Waals surface area contributed by atoms with Gasteiger partial charge in [-0.25, -0.2) is 14.6 Å². The molecule has 3 N–H and O–H groups in total. The van der Waals surface area contributed by atoms with Crippen LogP contribution < -0.4 is 16.6 Å². The van der Waals surface area contributed by atoms with Crippen molar-refractivity contribution in [3.8, 4) is 0 Å². The van der Waals surface area contributed by atoms with Crippen molar-refractivity contribution in [3.05, 3.63) is 62.6 Å². The second kappa shape index (κ2) is 7.34. The van der Waals surface area contributed by atoms with Crippen LogP contribution in [0.1, 0.15) is 38.2 Å². The number of H-pyrrole nitrogens is 2. The van der Waals surface area contributed by atoms with Crippen LogP contribution in [0.2, 0.25) is 0 Å². The smallest absolute Gasteiger partial charge is 0.408 e. The van der Waals surface area contributed by atoms with Gasteiger partial charge in [-0.05, 0) is 26.3 Å². The van der Waals surface area contributed by atoms with E-state index in [2.05, 4.69) is 20.3 Å². The van der Waals surface area contributed by atoms with E-state index in [9.17, 15) is 14.4 Å². The Kier molecular flexibility index (Phi) is 5.08. The van der Waals surface area contributed by atoms with E-state index >= 15 is 0 Å². The Morgan fingerprint density at radius 1 is 1.21 bits per heavy atom. The van der Waals surface area contributed by atoms with E-state index in [-0.39, 0.29) is 11.2 Å². The van der Waals surface area contributed by atoms with Crippen LogP contribution in [-0.4, -0.2) is 31.2 Å². The van der Waals surface area contributed by atoms with Crippen molar-refractivity contribution in [2.24, 2.45) is 7.05 Å². The molecule has 0 aliphatic heterocycles. The number of imidazole rings is 1. The molecule has 1 aromatic carbocycles. The fourth-order valence-electron chi connectivity index (χ4n) is 2.80. The molecule has 0 saturated heterocycles. The molecule has 0 fully saturated rings. The third-order valence-corrected chi connectivity index (χ3v) is 4.08. The Morgan fingerprint density at radius 2 is 1.89 bits per heavy atom. The average Bonchev–Trinajstić information content (AvgIpc) is 3.05. The molecular formula is C19H23N5O4. The van der Waals surface area contributed by atoms with Crippen LogP contribution in [0.3, 0.4) is 0 Å². The highest BCUT2D eigenvalue weighted by atomic mass is 16.6. The Labute approximate surface area is 160 Å². The van der Waals surface area contributed by atoms with Crippen LogP contribution in [0, 0.1) is 0 Å². The molecular weight excluding hydrogens is 362 g/mol. The summed E-state index contributed by atoms with van der Waals surface area (Å²) in [7, 11) is 1.51. The van der Waals surface area contributed by atoms with Crippen LogP contribution >= 0.6 is 0 Å². The molecule has 1 unspecified atom stereocenters. The molecule has 2 heterocycles. The molecule has 1 atom stereocenters. The number of nitrogens with zero attached hydrogens (tertiary/aromatic N) is 2. The zero-order valence-electron chi connectivity index (χ0n) is 16.2. The SMILES string of the molecule is Cn1c(=O)[nH]c(=O)c2[nH]c(C(Cc3ccccc3)NC(=O)OC(C)(C)C)nc21. The summed E-state index contributed by atoms with van der Waals surface area (Å²) < 4.78 is 6.59. The molecule has 3 aromatic rings. The Balaban J connectivity index is 2.00. The summed E-state index contributed by atoms with van der Waals surface area (Å²) in [6.07, 6.45) is -0.178. The van der Waals surface area contributed by atoms with Crippen molar-refractivity contribution >= 4 is 17.3 Å². The molecule has 28 heavy (non-hydrogen) atoms. The lowest BCUT2D eigenvalue weighted by molar-refractivity contribution is 0.0501. The lowest BCUT2D eigenvalue weighted by Gasteiger charge is -2.23. The molecule has 0 aliphatic carbocycles. The number of hydrogen-bond donors (Lipinski definition) is 3. The molecule has 0 bridgehead atoms. The first-order chi connectivity index (χ1) is 13.1. The van der Waals surface area contributed by atoms with Crippen LogP contribution in [0.5, 0.6) is 0 Å². The molecule has 3 rings (SSSR count). The number of hydrogen-bond acceptors (Lipinski definition) is 5. The molecule has 0 radical (unpaired) electrons. The minimum Gasteiger partial charge on any atom is -0.444 e. The first-order valence-electron chi connectivity index (χ1n) is 8.86. The standard InChI is InChI=1S/C19H23N5O4/c1-19(2,3)28-18(27)20-12(10-11-8-6-5-7-9-11)14-21-13-15(22-14)24(4)17(26)23-16(13)25/h5-9,12H,10H2,1-4H3,(H,20,27)(H,21,22)(H,23,25,26). The van der Waals surface area contributed by atoms with Gasteiger partial charge in [-0.2, -0.15) is 0 Å². The number of aromatic nitrogens is 4. The number of aryl methyl sites for hydroxylation is 1. The van der Waals surface area contributed by atoms with Gasteiger partial charge >= 0.3 is 11.8 Å². The van der Waals surface area contributed by atoms with Crippen LogP contribution in [-0.2, 0) is 18.2 Å². The summed E-state index contributed by atoms with van der Waals surface area (Å²) in [6, 6.07) is 8.96. The van der Waals surface area contributed by atoms with Crippen molar-refractivity contribution in [2.75, 3.05) is 0 Å². The second-order valence-corrected chi connectivity index (χ2v) is 7.53. The van der Waals surface area contributed by atoms with Gasteiger partial charge in [0.05, 0.1) is 6.04 Å².